The van der Waals surface area contributed by atoms with Crippen molar-refractivity contribution in [2.75, 3.05) is 19.8 Å². The fraction of sp³-hybridized carbons (Fsp3) is 0.875. The van der Waals surface area contributed by atoms with Crippen molar-refractivity contribution in [3.05, 3.63) is 16.3 Å². The van der Waals surface area contributed by atoms with Gasteiger partial charge in [0.2, 0.25) is 0 Å². The first-order valence-corrected chi connectivity index (χ1v) is 8.46. The fourth-order valence-corrected chi connectivity index (χ4v) is 2.97. The molecule has 0 radical (unpaired) electrons. The maximum absolute atomic E-state index is 12.6. The van der Waals surface area contributed by atoms with Gasteiger partial charge in [-0.3, -0.25) is 4.57 Å². The Morgan fingerprint density at radius 1 is 1.36 bits per heavy atom. The van der Waals surface area contributed by atoms with Gasteiger partial charge in [-0.2, -0.15) is 5.10 Å². The molecule has 6 heteroatoms. The van der Waals surface area contributed by atoms with E-state index in [1.807, 2.05) is 13.8 Å². The molecule has 124 valence electrons. The lowest BCUT2D eigenvalue weighted by Crippen LogP contribution is -2.28. The zero-order chi connectivity index (χ0) is 15.7. The summed E-state index contributed by atoms with van der Waals surface area (Å²) in [6.07, 6.45) is 3.52. The van der Waals surface area contributed by atoms with E-state index in [0.717, 1.165) is 31.4 Å². The Morgan fingerprint density at radius 3 is 2.73 bits per heavy atom. The largest absolute Gasteiger partial charge is 0.379 e. The molecule has 0 amide bonds. The summed E-state index contributed by atoms with van der Waals surface area (Å²) in [5.74, 6) is 1.92. The van der Waals surface area contributed by atoms with Crippen LogP contribution in [0.15, 0.2) is 4.79 Å². The quantitative estimate of drug-likeness (QED) is 0.724. The third kappa shape index (κ3) is 3.27. The Bertz CT molecular complexity index is 559. The highest BCUT2D eigenvalue weighted by Crippen LogP contribution is 2.33. The van der Waals surface area contributed by atoms with Crippen LogP contribution in [0.25, 0.3) is 0 Å². The van der Waals surface area contributed by atoms with Crippen LogP contribution in [0.5, 0.6) is 0 Å². The summed E-state index contributed by atoms with van der Waals surface area (Å²) in [4.78, 5) is 12.6. The van der Waals surface area contributed by atoms with Gasteiger partial charge < -0.3 is 9.47 Å². The van der Waals surface area contributed by atoms with Crippen molar-refractivity contribution >= 4 is 0 Å². The van der Waals surface area contributed by atoms with Crippen LogP contribution in [0.3, 0.4) is 0 Å². The van der Waals surface area contributed by atoms with Crippen molar-refractivity contribution in [2.45, 2.75) is 58.7 Å². The Labute approximate surface area is 131 Å². The van der Waals surface area contributed by atoms with Crippen LogP contribution in [0.1, 0.15) is 58.0 Å². The van der Waals surface area contributed by atoms with Crippen molar-refractivity contribution in [2.24, 2.45) is 11.8 Å². The Morgan fingerprint density at radius 2 is 2.14 bits per heavy atom. The third-order valence-corrected chi connectivity index (χ3v) is 4.55. The minimum Gasteiger partial charge on any atom is -0.379 e. The second kappa shape index (κ2) is 6.54. The van der Waals surface area contributed by atoms with Gasteiger partial charge >= 0.3 is 5.69 Å². The number of rotatable bonds is 7. The standard InChI is InChI=1S/C16H27N3O3/c1-11(2)19-15(14-12(3)6-8-22-14)17-18(16(19)20)7-9-21-10-13-4-5-13/h11-14H,4-10H2,1-3H3/t12-,14+/m1/s1. The number of nitrogens with zero attached hydrogens (tertiary/aromatic N) is 3. The topological polar surface area (TPSA) is 58.3 Å². The zero-order valence-electron chi connectivity index (χ0n) is 13.8. The lowest BCUT2D eigenvalue weighted by Gasteiger charge is -2.16. The fourth-order valence-electron chi connectivity index (χ4n) is 2.97. The minimum absolute atomic E-state index is 0.0530. The molecule has 0 bridgehead atoms. The van der Waals surface area contributed by atoms with Crippen LogP contribution < -0.4 is 5.69 Å². The van der Waals surface area contributed by atoms with E-state index in [1.54, 1.807) is 4.57 Å². The van der Waals surface area contributed by atoms with Gasteiger partial charge in [-0.25, -0.2) is 9.48 Å². The highest BCUT2D eigenvalue weighted by Gasteiger charge is 2.32. The van der Waals surface area contributed by atoms with Crippen LogP contribution >= 0.6 is 0 Å². The molecule has 1 saturated carbocycles. The predicted molar refractivity (Wildman–Crippen MR) is 82.9 cm³/mol. The summed E-state index contributed by atoms with van der Waals surface area (Å²) in [7, 11) is 0. The van der Waals surface area contributed by atoms with E-state index in [0.29, 0.717) is 19.1 Å². The van der Waals surface area contributed by atoms with Gasteiger partial charge in [-0.05, 0) is 44.9 Å². The molecule has 6 nitrogen and oxygen atoms in total. The highest BCUT2D eigenvalue weighted by atomic mass is 16.5. The van der Waals surface area contributed by atoms with Crippen LogP contribution in [-0.4, -0.2) is 34.2 Å². The highest BCUT2D eigenvalue weighted by molar-refractivity contribution is 4.99. The first-order chi connectivity index (χ1) is 10.6. The Kier molecular flexibility index (Phi) is 4.68. The molecule has 1 aromatic rings. The van der Waals surface area contributed by atoms with E-state index in [9.17, 15) is 4.79 Å². The Hall–Kier alpha value is -1.14. The Balaban J connectivity index is 1.73. The normalized spacial score (nSPS) is 25.3. The molecular weight excluding hydrogens is 282 g/mol. The lowest BCUT2D eigenvalue weighted by molar-refractivity contribution is 0.0820. The molecule has 2 atom stereocenters. The second-order valence-electron chi connectivity index (χ2n) is 6.90. The van der Waals surface area contributed by atoms with Crippen LogP contribution in [0.4, 0.5) is 0 Å². The van der Waals surface area contributed by atoms with Gasteiger partial charge in [0.05, 0.1) is 13.2 Å². The molecule has 2 aliphatic rings. The van der Waals surface area contributed by atoms with Crippen molar-refractivity contribution < 1.29 is 9.47 Å². The average molecular weight is 309 g/mol. The number of aromatic nitrogens is 3. The molecule has 2 fully saturated rings. The van der Waals surface area contributed by atoms with Gasteiger partial charge in [-0.15, -0.1) is 0 Å². The third-order valence-electron chi connectivity index (χ3n) is 4.55. The monoisotopic (exact) mass is 309 g/mol. The molecule has 1 aliphatic carbocycles. The van der Waals surface area contributed by atoms with Crippen molar-refractivity contribution in [3.8, 4) is 0 Å². The predicted octanol–water partition coefficient (Wildman–Crippen LogP) is 2.15. The number of hydrogen-bond donors (Lipinski definition) is 0. The number of ether oxygens (including phenoxy) is 2. The molecule has 0 N–H and O–H groups in total. The molecule has 3 rings (SSSR count). The molecule has 2 heterocycles. The summed E-state index contributed by atoms with van der Waals surface area (Å²) < 4.78 is 14.8. The van der Waals surface area contributed by atoms with Gasteiger partial charge in [0.15, 0.2) is 5.82 Å². The summed E-state index contributed by atoms with van der Waals surface area (Å²) in [5.41, 5.74) is -0.0530. The van der Waals surface area contributed by atoms with Crippen molar-refractivity contribution in [1.82, 2.24) is 14.3 Å². The number of hydrogen-bond acceptors (Lipinski definition) is 4. The van der Waals surface area contributed by atoms with Gasteiger partial charge in [0, 0.05) is 19.3 Å². The summed E-state index contributed by atoms with van der Waals surface area (Å²) in [6, 6.07) is 0.0834. The van der Waals surface area contributed by atoms with Crippen molar-refractivity contribution in [3.63, 3.8) is 0 Å². The van der Waals surface area contributed by atoms with Crippen LogP contribution in [0, 0.1) is 11.8 Å². The van der Waals surface area contributed by atoms with Gasteiger partial charge in [0.25, 0.3) is 0 Å². The maximum Gasteiger partial charge on any atom is 0.346 e. The minimum atomic E-state index is -0.0660. The molecule has 1 saturated heterocycles. The van der Waals surface area contributed by atoms with E-state index in [2.05, 4.69) is 12.0 Å². The van der Waals surface area contributed by atoms with Gasteiger partial charge in [0.1, 0.15) is 6.10 Å². The summed E-state index contributed by atoms with van der Waals surface area (Å²) >= 11 is 0. The first kappa shape index (κ1) is 15.7. The van der Waals surface area contributed by atoms with E-state index in [4.69, 9.17) is 9.47 Å². The zero-order valence-corrected chi connectivity index (χ0v) is 13.8. The average Bonchev–Trinajstić information content (AvgIpc) is 3.11. The van der Waals surface area contributed by atoms with E-state index in [-0.39, 0.29) is 17.8 Å². The molecular formula is C16H27N3O3. The lowest BCUT2D eigenvalue weighted by atomic mass is 10.0. The van der Waals surface area contributed by atoms with E-state index in [1.165, 1.54) is 17.5 Å². The second-order valence-corrected chi connectivity index (χ2v) is 6.90. The maximum atomic E-state index is 12.6. The smallest absolute Gasteiger partial charge is 0.346 e. The van der Waals surface area contributed by atoms with Crippen molar-refractivity contribution in [1.29, 1.82) is 0 Å². The first-order valence-electron chi connectivity index (χ1n) is 8.46. The SMILES string of the molecule is CC(C)n1c([C@H]2OCC[C@H]2C)nn(CCOCC2CC2)c1=O. The molecule has 1 aliphatic heterocycles. The van der Waals surface area contributed by atoms with Gasteiger partial charge in [-0.1, -0.05) is 6.92 Å². The summed E-state index contributed by atoms with van der Waals surface area (Å²) in [6.45, 7) is 8.81. The molecule has 22 heavy (non-hydrogen) atoms. The molecule has 0 aromatic carbocycles. The van der Waals surface area contributed by atoms with Crippen LogP contribution in [-0.2, 0) is 16.0 Å². The molecule has 0 spiro atoms. The van der Waals surface area contributed by atoms with E-state index < -0.39 is 0 Å². The van der Waals surface area contributed by atoms with E-state index >= 15 is 0 Å². The molecule has 1 aromatic heterocycles. The van der Waals surface area contributed by atoms with Crippen LogP contribution in [0.2, 0.25) is 0 Å². The molecule has 0 unspecified atom stereocenters. The summed E-state index contributed by atoms with van der Waals surface area (Å²) in [5, 5.41) is 4.56.